The van der Waals surface area contributed by atoms with Crippen LogP contribution < -0.4 is 4.74 Å². The monoisotopic (exact) mass is 274 g/mol. The number of ketones is 1. The lowest BCUT2D eigenvalue weighted by Crippen LogP contribution is -2.29. The second-order valence-electron chi connectivity index (χ2n) is 5.10. The number of hydrogen-bond donors (Lipinski definition) is 0. The molecule has 0 spiro atoms. The Balaban J connectivity index is 2.32. The first-order valence-electron chi connectivity index (χ1n) is 6.40. The molecule has 0 N–H and O–H groups in total. The number of carbonyl (C=O) groups excluding carboxylic acids is 2. The molecular weight excluding hydrogens is 256 g/mol. The Kier molecular flexibility index (Phi) is 3.66. The molecule has 2 atom stereocenters. The second-order valence-corrected chi connectivity index (χ2v) is 5.10. The maximum Gasteiger partial charge on any atom is 0.320 e. The standard InChI is InChI=1S/C16H18O4/c1-10(2)14(17)16(15(18)20-4)9-13(16)11-5-7-12(19-3)8-6-11/h5-8,13H,1,9H2,2-4H3. The molecule has 1 aromatic rings. The molecule has 106 valence electrons. The molecule has 2 unspecified atom stereocenters. The van der Waals surface area contributed by atoms with Gasteiger partial charge in [-0.2, -0.15) is 0 Å². The van der Waals surface area contributed by atoms with Gasteiger partial charge in [0.05, 0.1) is 14.2 Å². The van der Waals surface area contributed by atoms with Gasteiger partial charge < -0.3 is 9.47 Å². The van der Waals surface area contributed by atoms with Crippen LogP contribution in [0.5, 0.6) is 5.75 Å². The van der Waals surface area contributed by atoms with E-state index in [4.69, 9.17) is 9.47 Å². The van der Waals surface area contributed by atoms with Crippen LogP contribution in [0.3, 0.4) is 0 Å². The minimum atomic E-state index is -1.09. The number of benzene rings is 1. The van der Waals surface area contributed by atoms with Crippen LogP contribution in [0.1, 0.15) is 24.8 Å². The molecule has 1 saturated carbocycles. The van der Waals surface area contributed by atoms with Crippen LogP contribution in [0.15, 0.2) is 36.4 Å². The third kappa shape index (κ3) is 2.11. The summed E-state index contributed by atoms with van der Waals surface area (Å²) in [5.74, 6) is -0.120. The van der Waals surface area contributed by atoms with Crippen LogP contribution in [0.25, 0.3) is 0 Å². The molecule has 0 bridgehead atoms. The fraction of sp³-hybridized carbons (Fsp3) is 0.375. The van der Waals surface area contributed by atoms with Crippen molar-refractivity contribution in [2.45, 2.75) is 19.3 Å². The van der Waals surface area contributed by atoms with Crippen molar-refractivity contribution in [3.63, 3.8) is 0 Å². The number of Topliss-reactive ketones (excluding diaryl/α,β-unsaturated/α-hetero) is 1. The highest BCUT2D eigenvalue weighted by Gasteiger charge is 2.66. The van der Waals surface area contributed by atoms with Gasteiger partial charge in [0.2, 0.25) is 0 Å². The Bertz CT molecular complexity index is 558. The molecule has 20 heavy (non-hydrogen) atoms. The Morgan fingerprint density at radius 3 is 2.30 bits per heavy atom. The van der Waals surface area contributed by atoms with E-state index in [9.17, 15) is 9.59 Å². The fourth-order valence-corrected chi connectivity index (χ4v) is 2.63. The molecule has 2 rings (SSSR count). The van der Waals surface area contributed by atoms with E-state index >= 15 is 0 Å². The second kappa shape index (κ2) is 5.12. The van der Waals surface area contributed by atoms with E-state index in [0.717, 1.165) is 11.3 Å². The van der Waals surface area contributed by atoms with Crippen LogP contribution in [-0.4, -0.2) is 26.0 Å². The maximum atomic E-state index is 12.3. The van der Waals surface area contributed by atoms with Gasteiger partial charge in [-0.1, -0.05) is 18.7 Å². The van der Waals surface area contributed by atoms with E-state index in [1.54, 1.807) is 14.0 Å². The number of carbonyl (C=O) groups is 2. The van der Waals surface area contributed by atoms with E-state index < -0.39 is 11.4 Å². The third-order valence-electron chi connectivity index (χ3n) is 3.82. The zero-order chi connectivity index (χ0) is 14.9. The predicted octanol–water partition coefficient (Wildman–Crippen LogP) is 2.49. The first kappa shape index (κ1) is 14.3. The van der Waals surface area contributed by atoms with Gasteiger partial charge in [-0.05, 0) is 36.6 Å². The van der Waals surface area contributed by atoms with Gasteiger partial charge in [-0.3, -0.25) is 9.59 Å². The first-order valence-corrected chi connectivity index (χ1v) is 6.40. The smallest absolute Gasteiger partial charge is 0.320 e. The number of allylic oxidation sites excluding steroid dienone is 1. The number of rotatable bonds is 5. The van der Waals surface area contributed by atoms with E-state index in [2.05, 4.69) is 6.58 Å². The highest BCUT2D eigenvalue weighted by Crippen LogP contribution is 2.61. The van der Waals surface area contributed by atoms with Gasteiger partial charge in [0.1, 0.15) is 11.2 Å². The minimum absolute atomic E-state index is 0.148. The zero-order valence-corrected chi connectivity index (χ0v) is 11.9. The molecular formula is C16H18O4. The summed E-state index contributed by atoms with van der Waals surface area (Å²) in [6.45, 7) is 5.28. The molecule has 0 heterocycles. The average molecular weight is 274 g/mol. The summed E-state index contributed by atoms with van der Waals surface area (Å²) in [7, 11) is 2.90. The molecule has 1 aliphatic rings. The largest absolute Gasteiger partial charge is 0.497 e. The first-order chi connectivity index (χ1) is 9.47. The van der Waals surface area contributed by atoms with Crippen molar-refractivity contribution in [2.75, 3.05) is 14.2 Å². The Labute approximate surface area is 118 Å². The van der Waals surface area contributed by atoms with Gasteiger partial charge in [0.25, 0.3) is 0 Å². The Hall–Kier alpha value is -2.10. The van der Waals surface area contributed by atoms with Crippen LogP contribution in [0.2, 0.25) is 0 Å². The molecule has 1 fully saturated rings. The van der Waals surface area contributed by atoms with Gasteiger partial charge >= 0.3 is 5.97 Å². The number of methoxy groups -OCH3 is 2. The van der Waals surface area contributed by atoms with Crippen molar-refractivity contribution < 1.29 is 19.1 Å². The number of esters is 1. The number of hydrogen-bond acceptors (Lipinski definition) is 4. The van der Waals surface area contributed by atoms with Crippen LogP contribution in [0.4, 0.5) is 0 Å². The Morgan fingerprint density at radius 2 is 1.85 bits per heavy atom. The van der Waals surface area contributed by atoms with E-state index in [1.807, 2.05) is 24.3 Å². The molecule has 4 heteroatoms. The molecule has 1 aromatic carbocycles. The summed E-state index contributed by atoms with van der Waals surface area (Å²) in [6, 6.07) is 7.39. The molecule has 1 aliphatic carbocycles. The van der Waals surface area contributed by atoms with Crippen molar-refractivity contribution >= 4 is 11.8 Å². The predicted molar refractivity (Wildman–Crippen MR) is 74.6 cm³/mol. The van der Waals surface area contributed by atoms with Gasteiger partial charge in [0, 0.05) is 5.92 Å². The lowest BCUT2D eigenvalue weighted by molar-refractivity contribution is -0.150. The summed E-state index contributed by atoms with van der Waals surface area (Å²) < 4.78 is 9.92. The molecule has 0 radical (unpaired) electrons. The van der Waals surface area contributed by atoms with Gasteiger partial charge in [0.15, 0.2) is 5.78 Å². The Morgan fingerprint density at radius 1 is 1.25 bits per heavy atom. The summed E-state index contributed by atoms with van der Waals surface area (Å²) in [5.41, 5.74) is 0.229. The molecule has 0 aromatic heterocycles. The van der Waals surface area contributed by atoms with Crippen molar-refractivity contribution in [3.05, 3.63) is 42.0 Å². The quantitative estimate of drug-likeness (QED) is 0.470. The van der Waals surface area contributed by atoms with E-state index in [-0.39, 0.29) is 11.7 Å². The highest BCUT2D eigenvalue weighted by molar-refractivity contribution is 6.15. The molecule has 0 amide bonds. The van der Waals surface area contributed by atoms with Crippen molar-refractivity contribution in [2.24, 2.45) is 5.41 Å². The zero-order valence-electron chi connectivity index (χ0n) is 11.9. The lowest BCUT2D eigenvalue weighted by Gasteiger charge is -2.14. The maximum absolute atomic E-state index is 12.3. The van der Waals surface area contributed by atoms with Gasteiger partial charge in [-0.15, -0.1) is 0 Å². The SMILES string of the molecule is C=C(C)C(=O)C1(C(=O)OC)CC1c1ccc(OC)cc1. The molecule has 0 aliphatic heterocycles. The molecule has 0 saturated heterocycles. The van der Waals surface area contributed by atoms with E-state index in [1.165, 1.54) is 7.11 Å². The van der Waals surface area contributed by atoms with Crippen LogP contribution >= 0.6 is 0 Å². The fourth-order valence-electron chi connectivity index (χ4n) is 2.63. The van der Waals surface area contributed by atoms with E-state index in [0.29, 0.717) is 12.0 Å². The van der Waals surface area contributed by atoms with Crippen molar-refractivity contribution in [1.82, 2.24) is 0 Å². The summed E-state index contributed by atoms with van der Waals surface area (Å²) in [6.07, 6.45) is 0.470. The van der Waals surface area contributed by atoms with Crippen molar-refractivity contribution in [3.8, 4) is 5.75 Å². The van der Waals surface area contributed by atoms with Crippen molar-refractivity contribution in [1.29, 1.82) is 0 Å². The lowest BCUT2D eigenvalue weighted by atomic mass is 9.91. The normalized spacial score (nSPS) is 23.9. The summed E-state index contributed by atoms with van der Waals surface area (Å²) in [5, 5.41) is 0. The average Bonchev–Trinajstić information content (AvgIpc) is 3.22. The topological polar surface area (TPSA) is 52.6 Å². The van der Waals surface area contributed by atoms with Crippen LogP contribution in [0, 0.1) is 5.41 Å². The number of ether oxygens (including phenoxy) is 2. The van der Waals surface area contributed by atoms with Crippen LogP contribution in [-0.2, 0) is 14.3 Å². The third-order valence-corrected chi connectivity index (χ3v) is 3.82. The minimum Gasteiger partial charge on any atom is -0.497 e. The molecule has 4 nitrogen and oxygen atoms in total. The summed E-state index contributed by atoms with van der Waals surface area (Å²) >= 11 is 0. The highest BCUT2D eigenvalue weighted by atomic mass is 16.5. The summed E-state index contributed by atoms with van der Waals surface area (Å²) in [4.78, 5) is 24.3. The van der Waals surface area contributed by atoms with Gasteiger partial charge in [-0.25, -0.2) is 0 Å².